The topological polar surface area (TPSA) is 24.1 Å². The van der Waals surface area contributed by atoms with E-state index in [1.54, 1.807) is 0 Å². The summed E-state index contributed by atoms with van der Waals surface area (Å²) in [6.07, 6.45) is 2.45. The highest BCUT2D eigenvalue weighted by molar-refractivity contribution is 5.49. The van der Waals surface area contributed by atoms with E-state index in [-0.39, 0.29) is 0 Å². The number of para-hydroxylation sites is 1. The second-order valence-electron chi connectivity index (χ2n) is 3.55. The van der Waals surface area contributed by atoms with Crippen LogP contribution in [-0.2, 0) is 0 Å². The Labute approximate surface area is 86.7 Å². The van der Waals surface area contributed by atoms with Gasteiger partial charge in [-0.15, -0.1) is 0 Å². The van der Waals surface area contributed by atoms with Crippen LogP contribution in [0.15, 0.2) is 24.3 Å². The van der Waals surface area contributed by atoms with Crippen LogP contribution in [0.25, 0.3) is 0 Å². The van der Waals surface area contributed by atoms with Crippen molar-refractivity contribution in [1.82, 2.24) is 5.32 Å². The van der Waals surface area contributed by atoms with Gasteiger partial charge in [0.15, 0.2) is 0 Å². The van der Waals surface area contributed by atoms with Crippen molar-refractivity contribution in [2.75, 3.05) is 25.5 Å². The Bertz CT molecular complexity index is 258. The predicted octanol–water partition coefficient (Wildman–Crippen LogP) is 2.41. The molecule has 78 valence electrons. The summed E-state index contributed by atoms with van der Waals surface area (Å²) in [5.41, 5.74) is 2.58. The monoisotopic (exact) mass is 192 g/mol. The normalized spacial score (nSPS) is 10.1. The number of aryl methyl sites for hydroxylation is 1. The summed E-state index contributed by atoms with van der Waals surface area (Å²) in [7, 11) is 1.99. The zero-order chi connectivity index (χ0) is 10.2. The smallest absolute Gasteiger partial charge is 0.0369 e. The maximum atomic E-state index is 3.44. The molecule has 1 rings (SSSR count). The molecule has 0 aliphatic rings. The van der Waals surface area contributed by atoms with E-state index < -0.39 is 0 Å². The van der Waals surface area contributed by atoms with Crippen LogP contribution in [-0.4, -0.2) is 20.1 Å². The second-order valence-corrected chi connectivity index (χ2v) is 3.55. The summed E-state index contributed by atoms with van der Waals surface area (Å²) >= 11 is 0. The van der Waals surface area contributed by atoms with E-state index in [0.29, 0.717) is 0 Å². The average Bonchev–Trinajstić information content (AvgIpc) is 2.20. The Hall–Kier alpha value is -1.02. The molecule has 0 saturated heterocycles. The number of nitrogens with one attached hydrogen (secondary N) is 2. The van der Waals surface area contributed by atoms with E-state index in [0.717, 1.165) is 13.1 Å². The van der Waals surface area contributed by atoms with E-state index in [1.165, 1.54) is 24.1 Å². The Morgan fingerprint density at radius 1 is 1.07 bits per heavy atom. The van der Waals surface area contributed by atoms with Crippen LogP contribution >= 0.6 is 0 Å². The van der Waals surface area contributed by atoms with Crippen molar-refractivity contribution in [3.05, 3.63) is 29.8 Å². The first-order valence-corrected chi connectivity index (χ1v) is 5.28. The van der Waals surface area contributed by atoms with Gasteiger partial charge in [-0.05, 0) is 45.0 Å². The third-order valence-electron chi connectivity index (χ3n) is 2.31. The highest BCUT2D eigenvalue weighted by Crippen LogP contribution is 2.12. The van der Waals surface area contributed by atoms with Crippen molar-refractivity contribution >= 4 is 5.69 Å². The summed E-state index contributed by atoms with van der Waals surface area (Å²) in [5.74, 6) is 0. The number of benzene rings is 1. The molecule has 0 unspecified atom stereocenters. The van der Waals surface area contributed by atoms with E-state index in [2.05, 4.69) is 41.8 Å². The standard InChI is InChI=1S/C12H20N2/c1-11-7-3-4-8-12(11)14-10-6-5-9-13-2/h3-4,7-8,13-14H,5-6,9-10H2,1-2H3. The number of hydrogen-bond acceptors (Lipinski definition) is 2. The molecule has 1 aromatic rings. The molecule has 0 saturated carbocycles. The van der Waals surface area contributed by atoms with Gasteiger partial charge in [0.2, 0.25) is 0 Å². The van der Waals surface area contributed by atoms with Gasteiger partial charge in [0.25, 0.3) is 0 Å². The summed E-state index contributed by atoms with van der Waals surface area (Å²) in [6.45, 7) is 4.30. The van der Waals surface area contributed by atoms with E-state index >= 15 is 0 Å². The number of rotatable bonds is 6. The lowest BCUT2D eigenvalue weighted by Gasteiger charge is -2.08. The molecular weight excluding hydrogens is 172 g/mol. The highest BCUT2D eigenvalue weighted by Gasteiger charge is 1.94. The van der Waals surface area contributed by atoms with Crippen LogP contribution in [0.2, 0.25) is 0 Å². The molecule has 0 bridgehead atoms. The Morgan fingerprint density at radius 2 is 1.79 bits per heavy atom. The van der Waals surface area contributed by atoms with Gasteiger partial charge in [-0.25, -0.2) is 0 Å². The lowest BCUT2D eigenvalue weighted by molar-refractivity contribution is 0.694. The Morgan fingerprint density at radius 3 is 2.50 bits per heavy atom. The molecule has 0 heterocycles. The van der Waals surface area contributed by atoms with Crippen LogP contribution in [0.5, 0.6) is 0 Å². The molecule has 2 heteroatoms. The third-order valence-corrected chi connectivity index (χ3v) is 2.31. The molecule has 0 aliphatic heterocycles. The van der Waals surface area contributed by atoms with Gasteiger partial charge in [0, 0.05) is 12.2 Å². The molecule has 0 aliphatic carbocycles. The Kier molecular flexibility index (Phi) is 5.08. The number of hydrogen-bond donors (Lipinski definition) is 2. The van der Waals surface area contributed by atoms with Crippen molar-refractivity contribution in [2.45, 2.75) is 19.8 Å². The SMILES string of the molecule is CNCCCCNc1ccccc1C. The lowest BCUT2D eigenvalue weighted by atomic mass is 10.2. The van der Waals surface area contributed by atoms with Crippen LogP contribution in [0.4, 0.5) is 5.69 Å². The second kappa shape index (κ2) is 6.44. The molecule has 14 heavy (non-hydrogen) atoms. The highest BCUT2D eigenvalue weighted by atomic mass is 14.9. The fourth-order valence-electron chi connectivity index (χ4n) is 1.42. The van der Waals surface area contributed by atoms with Crippen LogP contribution < -0.4 is 10.6 Å². The minimum absolute atomic E-state index is 1.06. The van der Waals surface area contributed by atoms with Crippen molar-refractivity contribution in [2.24, 2.45) is 0 Å². The maximum Gasteiger partial charge on any atom is 0.0369 e. The molecule has 0 radical (unpaired) electrons. The quantitative estimate of drug-likeness (QED) is 0.676. The summed E-state index contributed by atoms with van der Waals surface area (Å²) in [6, 6.07) is 8.41. The summed E-state index contributed by atoms with van der Waals surface area (Å²) in [5, 5.41) is 6.59. The molecule has 2 N–H and O–H groups in total. The van der Waals surface area contributed by atoms with Crippen molar-refractivity contribution in [3.8, 4) is 0 Å². The minimum Gasteiger partial charge on any atom is -0.385 e. The largest absolute Gasteiger partial charge is 0.385 e. The fourth-order valence-corrected chi connectivity index (χ4v) is 1.42. The van der Waals surface area contributed by atoms with E-state index in [1.807, 2.05) is 7.05 Å². The van der Waals surface area contributed by atoms with Crippen LogP contribution in [0.1, 0.15) is 18.4 Å². The molecular formula is C12H20N2. The third kappa shape index (κ3) is 3.79. The number of unbranched alkanes of at least 4 members (excludes halogenated alkanes) is 1. The van der Waals surface area contributed by atoms with Crippen molar-refractivity contribution < 1.29 is 0 Å². The molecule has 0 amide bonds. The van der Waals surface area contributed by atoms with Crippen LogP contribution in [0, 0.1) is 6.92 Å². The first-order valence-electron chi connectivity index (χ1n) is 5.28. The van der Waals surface area contributed by atoms with Gasteiger partial charge < -0.3 is 10.6 Å². The average molecular weight is 192 g/mol. The van der Waals surface area contributed by atoms with Crippen molar-refractivity contribution in [3.63, 3.8) is 0 Å². The minimum atomic E-state index is 1.06. The number of anilines is 1. The summed E-state index contributed by atoms with van der Waals surface area (Å²) in [4.78, 5) is 0. The van der Waals surface area contributed by atoms with Crippen LogP contribution in [0.3, 0.4) is 0 Å². The van der Waals surface area contributed by atoms with Gasteiger partial charge in [0.05, 0.1) is 0 Å². The van der Waals surface area contributed by atoms with Gasteiger partial charge in [-0.3, -0.25) is 0 Å². The molecule has 0 fully saturated rings. The zero-order valence-electron chi connectivity index (χ0n) is 9.14. The molecule has 0 atom stereocenters. The first kappa shape index (κ1) is 11.1. The first-order chi connectivity index (χ1) is 6.84. The fraction of sp³-hybridized carbons (Fsp3) is 0.500. The van der Waals surface area contributed by atoms with E-state index in [4.69, 9.17) is 0 Å². The van der Waals surface area contributed by atoms with Gasteiger partial charge in [-0.2, -0.15) is 0 Å². The Balaban J connectivity index is 2.21. The van der Waals surface area contributed by atoms with Gasteiger partial charge in [-0.1, -0.05) is 18.2 Å². The van der Waals surface area contributed by atoms with Gasteiger partial charge in [0.1, 0.15) is 0 Å². The van der Waals surface area contributed by atoms with Crippen molar-refractivity contribution in [1.29, 1.82) is 0 Å². The zero-order valence-corrected chi connectivity index (χ0v) is 9.14. The molecule has 1 aromatic carbocycles. The maximum absolute atomic E-state index is 3.44. The predicted molar refractivity (Wildman–Crippen MR) is 62.8 cm³/mol. The van der Waals surface area contributed by atoms with Gasteiger partial charge >= 0.3 is 0 Å². The molecule has 0 aromatic heterocycles. The van der Waals surface area contributed by atoms with E-state index in [9.17, 15) is 0 Å². The summed E-state index contributed by atoms with van der Waals surface area (Å²) < 4.78 is 0. The molecule has 2 nitrogen and oxygen atoms in total. The lowest BCUT2D eigenvalue weighted by Crippen LogP contribution is -2.10. The molecule has 0 spiro atoms.